The SMILES string of the molecule is [B]c1c(Cl)ncnc1NCCC#Cc1ccccc1COC. The quantitative estimate of drug-likeness (QED) is 0.397. The number of methoxy groups -OCH3 is 1. The number of nitrogens with zero attached hydrogens (tertiary/aromatic N) is 2. The number of halogens is 1. The molecule has 2 rings (SSSR count). The van der Waals surface area contributed by atoms with E-state index in [1.165, 1.54) is 6.33 Å². The summed E-state index contributed by atoms with van der Waals surface area (Å²) >= 11 is 5.83. The molecule has 4 nitrogen and oxygen atoms in total. The van der Waals surface area contributed by atoms with E-state index in [0.29, 0.717) is 30.9 Å². The number of hydrogen-bond donors (Lipinski definition) is 1. The summed E-state index contributed by atoms with van der Waals surface area (Å²) in [5.74, 6) is 6.80. The number of benzene rings is 1. The monoisotopic (exact) mass is 311 g/mol. The van der Waals surface area contributed by atoms with Crippen molar-refractivity contribution in [2.45, 2.75) is 13.0 Å². The van der Waals surface area contributed by atoms with E-state index in [2.05, 4.69) is 27.1 Å². The van der Waals surface area contributed by atoms with Gasteiger partial charge in [0.2, 0.25) is 0 Å². The Kier molecular flexibility index (Phi) is 6.26. The van der Waals surface area contributed by atoms with Crippen LogP contribution in [0.25, 0.3) is 0 Å². The van der Waals surface area contributed by atoms with Gasteiger partial charge in [-0.3, -0.25) is 0 Å². The zero-order chi connectivity index (χ0) is 15.8. The minimum atomic E-state index is 0.247. The van der Waals surface area contributed by atoms with Crippen LogP contribution in [0.1, 0.15) is 17.5 Å². The maximum Gasteiger partial charge on any atom is 0.127 e. The average molecular weight is 312 g/mol. The Balaban J connectivity index is 1.91. The molecule has 0 bridgehead atoms. The summed E-state index contributed by atoms with van der Waals surface area (Å²) in [5, 5.41) is 3.34. The van der Waals surface area contributed by atoms with Gasteiger partial charge in [-0.25, -0.2) is 9.97 Å². The largest absolute Gasteiger partial charge is 0.380 e. The molecule has 2 aromatic rings. The van der Waals surface area contributed by atoms with E-state index in [1.54, 1.807) is 7.11 Å². The van der Waals surface area contributed by atoms with Gasteiger partial charge in [0.25, 0.3) is 0 Å². The third-order valence-corrected chi connectivity index (χ3v) is 3.22. The molecule has 110 valence electrons. The van der Waals surface area contributed by atoms with Crippen molar-refractivity contribution >= 4 is 30.7 Å². The first-order valence-corrected chi connectivity index (χ1v) is 7.15. The zero-order valence-electron chi connectivity index (χ0n) is 12.3. The van der Waals surface area contributed by atoms with Crippen LogP contribution in [0.3, 0.4) is 0 Å². The Morgan fingerprint density at radius 1 is 1.32 bits per heavy atom. The van der Waals surface area contributed by atoms with Gasteiger partial charge in [-0.15, -0.1) is 0 Å². The first-order valence-electron chi connectivity index (χ1n) is 6.78. The number of rotatable bonds is 5. The van der Waals surface area contributed by atoms with Gasteiger partial charge in [0.15, 0.2) is 0 Å². The lowest BCUT2D eigenvalue weighted by Gasteiger charge is -2.07. The lowest BCUT2D eigenvalue weighted by molar-refractivity contribution is 0.184. The highest BCUT2D eigenvalue weighted by Gasteiger charge is 2.02. The summed E-state index contributed by atoms with van der Waals surface area (Å²) in [6, 6.07) is 7.93. The molecule has 0 fully saturated rings. The second kappa shape index (κ2) is 8.43. The molecule has 0 atom stereocenters. The van der Waals surface area contributed by atoms with Gasteiger partial charge in [-0.05, 0) is 17.1 Å². The molecule has 1 heterocycles. The second-order valence-electron chi connectivity index (χ2n) is 4.50. The minimum absolute atomic E-state index is 0.247. The summed E-state index contributed by atoms with van der Waals surface area (Å²) in [7, 11) is 7.44. The van der Waals surface area contributed by atoms with Crippen molar-refractivity contribution < 1.29 is 4.74 Å². The number of anilines is 1. The predicted octanol–water partition coefficient (Wildman–Crippen LogP) is 1.92. The molecule has 0 aliphatic heterocycles. The van der Waals surface area contributed by atoms with Crippen molar-refractivity contribution in [1.82, 2.24) is 9.97 Å². The number of hydrogen-bond acceptors (Lipinski definition) is 4. The van der Waals surface area contributed by atoms with Crippen molar-refractivity contribution in [2.24, 2.45) is 0 Å². The standard InChI is InChI=1S/C16H15BClN3O/c1-22-10-13-8-3-2-6-12(13)7-4-5-9-19-16-14(17)15(18)20-11-21-16/h2-3,6,8,11H,5,9-10H2,1H3,(H,19,20,21). The fourth-order valence-corrected chi connectivity index (χ4v) is 1.97. The minimum Gasteiger partial charge on any atom is -0.380 e. The van der Waals surface area contributed by atoms with Crippen molar-refractivity contribution in [3.05, 3.63) is 46.9 Å². The molecule has 0 amide bonds. The third-order valence-electron chi connectivity index (χ3n) is 2.92. The van der Waals surface area contributed by atoms with E-state index >= 15 is 0 Å². The summed E-state index contributed by atoms with van der Waals surface area (Å²) in [6.45, 7) is 1.18. The summed E-state index contributed by atoms with van der Waals surface area (Å²) in [6.07, 6.45) is 2.02. The molecule has 0 aliphatic carbocycles. The second-order valence-corrected chi connectivity index (χ2v) is 4.85. The van der Waals surface area contributed by atoms with E-state index in [0.717, 1.165) is 11.1 Å². The molecular weight excluding hydrogens is 296 g/mol. The maximum absolute atomic E-state index is 5.83. The van der Waals surface area contributed by atoms with Gasteiger partial charge >= 0.3 is 0 Å². The Hall–Kier alpha value is -2.03. The number of aromatic nitrogens is 2. The van der Waals surface area contributed by atoms with Gasteiger partial charge < -0.3 is 10.1 Å². The van der Waals surface area contributed by atoms with Crippen molar-refractivity contribution in [2.75, 3.05) is 19.0 Å². The van der Waals surface area contributed by atoms with Crippen LogP contribution in [-0.4, -0.2) is 31.5 Å². The molecule has 22 heavy (non-hydrogen) atoms. The van der Waals surface area contributed by atoms with Gasteiger partial charge in [0.1, 0.15) is 25.1 Å². The van der Waals surface area contributed by atoms with Crippen LogP contribution in [0.5, 0.6) is 0 Å². The number of ether oxygens (including phenoxy) is 1. The molecule has 0 saturated heterocycles. The van der Waals surface area contributed by atoms with E-state index in [-0.39, 0.29) is 5.15 Å². The smallest absolute Gasteiger partial charge is 0.127 e. The van der Waals surface area contributed by atoms with Gasteiger partial charge in [0, 0.05) is 25.6 Å². The average Bonchev–Trinajstić information content (AvgIpc) is 2.53. The van der Waals surface area contributed by atoms with Crippen LogP contribution in [-0.2, 0) is 11.3 Å². The Labute approximate surface area is 136 Å². The van der Waals surface area contributed by atoms with Gasteiger partial charge in [0.05, 0.1) is 6.61 Å². The highest BCUT2D eigenvalue weighted by Crippen LogP contribution is 2.08. The molecular formula is C16H15BClN3O. The predicted molar refractivity (Wildman–Crippen MR) is 89.6 cm³/mol. The molecule has 0 saturated carbocycles. The van der Waals surface area contributed by atoms with E-state index in [4.69, 9.17) is 24.2 Å². The van der Waals surface area contributed by atoms with Gasteiger partial charge in [-0.1, -0.05) is 41.6 Å². The normalized spacial score (nSPS) is 9.91. The van der Waals surface area contributed by atoms with Gasteiger partial charge in [-0.2, -0.15) is 0 Å². The molecule has 1 N–H and O–H groups in total. The third kappa shape index (κ3) is 4.49. The van der Waals surface area contributed by atoms with Crippen LogP contribution in [0.2, 0.25) is 5.15 Å². The van der Waals surface area contributed by atoms with Crippen LogP contribution < -0.4 is 10.8 Å². The summed E-state index contributed by atoms with van der Waals surface area (Å²) < 4.78 is 5.16. The Morgan fingerprint density at radius 2 is 2.14 bits per heavy atom. The molecule has 1 aromatic carbocycles. The molecule has 2 radical (unpaired) electrons. The van der Waals surface area contributed by atoms with Crippen molar-refractivity contribution in [3.63, 3.8) is 0 Å². The topological polar surface area (TPSA) is 47.0 Å². The molecule has 0 aliphatic rings. The fourth-order valence-electron chi connectivity index (χ4n) is 1.84. The first-order chi connectivity index (χ1) is 10.7. The summed E-state index contributed by atoms with van der Waals surface area (Å²) in [4.78, 5) is 7.84. The molecule has 1 aromatic heterocycles. The van der Waals surface area contributed by atoms with E-state index in [9.17, 15) is 0 Å². The van der Waals surface area contributed by atoms with Crippen LogP contribution >= 0.6 is 11.6 Å². The van der Waals surface area contributed by atoms with Crippen molar-refractivity contribution in [1.29, 1.82) is 0 Å². The Bertz CT molecular complexity index is 697. The molecule has 0 unspecified atom stereocenters. The maximum atomic E-state index is 5.83. The first kappa shape index (κ1) is 16.3. The lowest BCUT2D eigenvalue weighted by atomic mass is 9.99. The molecule has 6 heteroatoms. The highest BCUT2D eigenvalue weighted by atomic mass is 35.5. The highest BCUT2D eigenvalue weighted by molar-refractivity contribution is 6.46. The Morgan fingerprint density at radius 3 is 2.95 bits per heavy atom. The van der Waals surface area contributed by atoms with E-state index in [1.807, 2.05) is 24.3 Å². The number of nitrogens with one attached hydrogen (secondary N) is 1. The molecule has 0 spiro atoms. The zero-order valence-corrected chi connectivity index (χ0v) is 13.0. The van der Waals surface area contributed by atoms with Crippen LogP contribution in [0.15, 0.2) is 30.6 Å². The van der Waals surface area contributed by atoms with Crippen molar-refractivity contribution in [3.8, 4) is 11.8 Å². The fraction of sp³-hybridized carbons (Fsp3) is 0.250. The van der Waals surface area contributed by atoms with Crippen LogP contribution in [0, 0.1) is 11.8 Å². The summed E-state index contributed by atoms with van der Waals surface area (Å²) in [5.41, 5.74) is 2.41. The van der Waals surface area contributed by atoms with Crippen LogP contribution in [0.4, 0.5) is 5.82 Å². The van der Waals surface area contributed by atoms with E-state index < -0.39 is 0 Å². The lowest BCUT2D eigenvalue weighted by Crippen LogP contribution is -2.17.